The van der Waals surface area contributed by atoms with Crippen molar-refractivity contribution in [2.45, 2.75) is 134 Å². The van der Waals surface area contributed by atoms with Crippen LogP contribution in [0, 0.1) is 12.8 Å². The molecule has 5 fully saturated rings. The smallest absolute Gasteiger partial charge is 0.409 e. The van der Waals surface area contributed by atoms with Gasteiger partial charge in [0.2, 0.25) is 11.8 Å². The number of piperazine rings is 1. The number of nitrogens with one attached hydrogen (secondary N) is 1. The molecular formula is C66H79N11O9S. The zero-order valence-electron chi connectivity index (χ0n) is 50.7. The van der Waals surface area contributed by atoms with Crippen molar-refractivity contribution in [1.29, 1.82) is 0 Å². The van der Waals surface area contributed by atoms with Crippen molar-refractivity contribution in [3.05, 3.63) is 101 Å². The second kappa shape index (κ2) is 24.6. The van der Waals surface area contributed by atoms with Gasteiger partial charge in [-0.05, 0) is 104 Å². The van der Waals surface area contributed by atoms with E-state index in [1.807, 2.05) is 68.6 Å². The number of carbonyl (C=O) groups is 3. The molecule has 0 radical (unpaired) electrons. The fraction of sp³-hybridized carbons (Fsp3) is 0.515. The molecule has 4 aromatic heterocycles. The minimum atomic E-state index is -0.853. The number of nitrogens with zero attached hydrogens (tertiary/aromatic N) is 10. The van der Waals surface area contributed by atoms with Crippen LogP contribution in [-0.2, 0) is 19.1 Å². The number of aryl methyl sites for hydroxylation is 1. The Morgan fingerprint density at radius 1 is 0.897 bits per heavy atom. The molecule has 458 valence electrons. The fourth-order valence-corrected chi connectivity index (χ4v) is 15.5. The highest BCUT2D eigenvalue weighted by atomic mass is 32.1. The maximum absolute atomic E-state index is 14.5. The van der Waals surface area contributed by atoms with Gasteiger partial charge in [0.15, 0.2) is 18.4 Å². The number of thiazole rings is 1. The van der Waals surface area contributed by atoms with Gasteiger partial charge in [0, 0.05) is 94.7 Å². The predicted octanol–water partition coefficient (Wildman–Crippen LogP) is 10.0. The van der Waals surface area contributed by atoms with Crippen LogP contribution in [0.4, 0.5) is 16.4 Å². The van der Waals surface area contributed by atoms with Crippen LogP contribution in [-0.4, -0.2) is 166 Å². The van der Waals surface area contributed by atoms with Crippen molar-refractivity contribution < 1.29 is 43.0 Å². The predicted molar refractivity (Wildman–Crippen MR) is 332 cm³/mol. The largest absolute Gasteiger partial charge is 0.468 e. The molecule has 7 atom stereocenters. The van der Waals surface area contributed by atoms with E-state index in [9.17, 15) is 19.5 Å². The highest BCUT2D eigenvalue weighted by Gasteiger charge is 2.51. The van der Waals surface area contributed by atoms with Gasteiger partial charge in [-0.2, -0.15) is 9.97 Å². The van der Waals surface area contributed by atoms with Gasteiger partial charge >= 0.3 is 12.1 Å². The van der Waals surface area contributed by atoms with E-state index in [1.165, 1.54) is 28.7 Å². The number of aliphatic hydroxyl groups is 1. The minimum absolute atomic E-state index is 0.00771. The van der Waals surface area contributed by atoms with Crippen LogP contribution < -0.4 is 24.6 Å². The lowest BCUT2D eigenvalue weighted by Gasteiger charge is -2.36. The Labute approximate surface area is 511 Å². The number of methoxy groups -OCH3 is 1. The fourth-order valence-electron chi connectivity index (χ4n) is 14.7. The third-order valence-electron chi connectivity index (χ3n) is 19.3. The highest BCUT2D eigenvalue weighted by molar-refractivity contribution is 7.13. The first-order valence-corrected chi connectivity index (χ1v) is 32.1. The number of likely N-dealkylation sites (tertiary alicyclic amines) is 1. The number of rotatable bonds is 17. The number of ether oxygens (including phenoxy) is 4. The molecule has 9 heterocycles. The lowest BCUT2D eigenvalue weighted by molar-refractivity contribution is -0.141. The molecule has 2 N–H and O–H groups in total. The molecule has 0 saturated carbocycles. The molecule has 3 amide bonds. The van der Waals surface area contributed by atoms with Gasteiger partial charge in [-0.15, -0.1) is 11.3 Å². The van der Waals surface area contributed by atoms with E-state index in [2.05, 4.69) is 62.5 Å². The number of aliphatic hydroxyl groups excluding tert-OH is 1. The molecule has 87 heavy (non-hydrogen) atoms. The van der Waals surface area contributed by atoms with Crippen LogP contribution in [0.1, 0.15) is 132 Å². The lowest BCUT2D eigenvalue weighted by Crippen LogP contribution is -2.50. The van der Waals surface area contributed by atoms with E-state index in [4.69, 9.17) is 38.4 Å². The molecule has 0 spiro atoms. The summed E-state index contributed by atoms with van der Waals surface area (Å²) in [6, 6.07) is 19.7. The number of β-amino-alcohol motifs (C(OH)–C–C–N with tert-alkyl or cyclic N) is 1. The second-order valence-corrected chi connectivity index (χ2v) is 25.9. The molecule has 0 bridgehead atoms. The first kappa shape index (κ1) is 58.6. The van der Waals surface area contributed by atoms with Crippen LogP contribution in [0.15, 0.2) is 76.9 Å². The number of carbonyl (C=O) groups excluding carboxylic acids is 3. The van der Waals surface area contributed by atoms with Crippen LogP contribution in [0.2, 0.25) is 0 Å². The number of anilines is 2. The molecule has 6 aliphatic rings. The average Bonchev–Trinajstić information content (AvgIpc) is 1.59. The summed E-state index contributed by atoms with van der Waals surface area (Å²) in [5.74, 6) is 0.997. The quantitative estimate of drug-likeness (QED) is 0.0811. The average molecular weight is 1200 g/mol. The highest BCUT2D eigenvalue weighted by Crippen LogP contribution is 2.50. The Hall–Kier alpha value is -7.46. The molecule has 1 unspecified atom stereocenters. The van der Waals surface area contributed by atoms with Crippen molar-refractivity contribution in [2.75, 3.05) is 89.3 Å². The Bertz CT molecular complexity index is 3670. The monoisotopic (exact) mass is 1200 g/mol. The van der Waals surface area contributed by atoms with Crippen LogP contribution in [0.25, 0.3) is 43.4 Å². The van der Waals surface area contributed by atoms with E-state index in [0.717, 1.165) is 125 Å². The molecular weight excluding hydrogens is 1120 g/mol. The first-order valence-electron chi connectivity index (χ1n) is 31.2. The number of fused-ring (bicyclic) bond motifs is 5. The zero-order chi connectivity index (χ0) is 60.1. The van der Waals surface area contributed by atoms with E-state index in [0.29, 0.717) is 50.4 Å². The summed E-state index contributed by atoms with van der Waals surface area (Å²) in [4.78, 5) is 73.7. The van der Waals surface area contributed by atoms with Gasteiger partial charge in [0.25, 0.3) is 0 Å². The van der Waals surface area contributed by atoms with Gasteiger partial charge in [0.1, 0.15) is 36.7 Å². The normalized spacial score (nSPS) is 22.8. The number of hydrogen-bond acceptors (Lipinski definition) is 18. The summed E-state index contributed by atoms with van der Waals surface area (Å²) in [6.07, 6.45) is 9.25. The van der Waals surface area contributed by atoms with E-state index in [-0.39, 0.29) is 73.7 Å². The van der Waals surface area contributed by atoms with Gasteiger partial charge in [-0.25, -0.2) is 9.78 Å². The van der Waals surface area contributed by atoms with Gasteiger partial charge < -0.3 is 53.5 Å². The molecule has 20 nitrogen and oxygen atoms in total. The number of pyridine rings is 1. The topological polar surface area (TPSA) is 214 Å². The van der Waals surface area contributed by atoms with Crippen LogP contribution >= 0.6 is 11.3 Å². The van der Waals surface area contributed by atoms with E-state index in [1.54, 1.807) is 29.4 Å². The van der Waals surface area contributed by atoms with Gasteiger partial charge in [-0.3, -0.25) is 19.5 Å². The minimum Gasteiger partial charge on any atom is -0.468 e. The summed E-state index contributed by atoms with van der Waals surface area (Å²) in [6.45, 7) is 15.5. The van der Waals surface area contributed by atoms with Crippen molar-refractivity contribution in [1.82, 2.24) is 45.1 Å². The third-order valence-corrected chi connectivity index (χ3v) is 20.3. The van der Waals surface area contributed by atoms with Crippen LogP contribution in [0.5, 0.6) is 11.8 Å². The summed E-state index contributed by atoms with van der Waals surface area (Å²) in [7, 11) is 1.62. The lowest BCUT2D eigenvalue weighted by atomic mass is 9.79. The zero-order valence-corrected chi connectivity index (χ0v) is 51.5. The molecule has 5 saturated heterocycles. The molecule has 5 aliphatic heterocycles. The number of hydrogen-bond donors (Lipinski definition) is 2. The third kappa shape index (κ3) is 11.3. The summed E-state index contributed by atoms with van der Waals surface area (Å²) in [5.41, 5.74) is 9.61. The van der Waals surface area contributed by atoms with Gasteiger partial charge in [0.05, 0.1) is 50.4 Å². The Kier molecular flexibility index (Phi) is 16.6. The number of amides is 3. The van der Waals surface area contributed by atoms with Gasteiger partial charge in [-0.1, -0.05) is 81.2 Å². The second-order valence-electron chi connectivity index (χ2n) is 25.1. The molecule has 3 aromatic carbocycles. The first-order chi connectivity index (χ1) is 42.2. The summed E-state index contributed by atoms with van der Waals surface area (Å²) >= 11 is 1.59. The summed E-state index contributed by atoms with van der Waals surface area (Å²) < 4.78 is 30.3. The molecule has 13 rings (SSSR count). The molecule has 21 heteroatoms. The number of benzene rings is 3. The Morgan fingerprint density at radius 2 is 1.70 bits per heavy atom. The van der Waals surface area contributed by atoms with Crippen molar-refractivity contribution in [2.24, 2.45) is 5.92 Å². The Balaban J connectivity index is 0.638. The number of aromatic nitrogens is 5. The molecule has 7 aromatic rings. The SMILES string of the molecule is COCOc1cc2c3c(cccc3c1)C(C)c1c-2ncc2c(N3CCCCCC3)nc(OC[C@@]34CCCN3[C@H](COC(=O)N3CCN(c5cc([C@@H](C(=O)N6C[C@H](O)C[C@H]6C(=O)N[C@@H](C)c6ccc(-c7scnc7C)cc6)C(C)C)on5)CC3)CC4)nc12. The van der Waals surface area contributed by atoms with Crippen molar-refractivity contribution >= 4 is 62.6 Å². The maximum Gasteiger partial charge on any atom is 0.409 e. The standard InChI is InChI=1S/C66H79N11O9S/c1-39(2)55(63(80)76-34-47(78)30-52(76)62(79)69-41(4)43-15-17-44(18-16-43)60-42(5)68-37-87-60)53-32-54(72-86-53)73-25-27-75(28-26-73)65(81)83-35-46-19-21-66(20-12-24-77(46)66)36-84-64-70-59-51(61(71-64)74-22-9-7-8-10-23-74)33-67-58-50-31-48(85-38-82-6)29-45-13-11-14-49(57(45)50)40(3)56(58)59/h11,13-18,29,31-33,37,39-41,46-47,52,55,78H,7-10,12,19-28,30,34-36,38H2,1-6H3,(H,69,79)/t40?,41-,46-,47+,52-,55-,66-/m0/s1. The Morgan fingerprint density at radius 3 is 2.46 bits per heavy atom. The van der Waals surface area contributed by atoms with Crippen molar-refractivity contribution in [3.8, 4) is 33.5 Å². The maximum atomic E-state index is 14.5. The molecule has 1 aliphatic carbocycles. The van der Waals surface area contributed by atoms with Crippen molar-refractivity contribution in [3.63, 3.8) is 0 Å². The van der Waals surface area contributed by atoms with Crippen LogP contribution in [0.3, 0.4) is 0 Å². The van der Waals surface area contributed by atoms with E-state index >= 15 is 0 Å². The van der Waals surface area contributed by atoms with E-state index < -0.39 is 18.1 Å². The summed E-state index contributed by atoms with van der Waals surface area (Å²) in [5, 5.41) is 21.6.